The van der Waals surface area contributed by atoms with Crippen molar-refractivity contribution in [3.63, 3.8) is 0 Å². The third-order valence-corrected chi connectivity index (χ3v) is 1.64. The molecule has 0 atom stereocenters. The van der Waals surface area contributed by atoms with Crippen LogP contribution in [0.15, 0.2) is 12.4 Å². The Kier molecular flexibility index (Phi) is 3.10. The molecule has 4 nitrogen and oxygen atoms in total. The fourth-order valence-corrected chi connectivity index (χ4v) is 0.822. The molecule has 1 aromatic rings. The van der Waals surface area contributed by atoms with Crippen LogP contribution in [0.3, 0.4) is 0 Å². The zero-order valence-corrected chi connectivity index (χ0v) is 7.39. The lowest BCUT2D eigenvalue weighted by Gasteiger charge is -1.97. The van der Waals surface area contributed by atoms with Crippen molar-refractivity contribution in [2.45, 2.75) is 6.54 Å². The van der Waals surface area contributed by atoms with Gasteiger partial charge in [0.05, 0.1) is 11.9 Å². The SMILES string of the molecule is O=C(CBr)NCc1ncc[nH]1. The minimum atomic E-state index is -0.0404. The molecule has 0 radical (unpaired) electrons. The highest BCUT2D eigenvalue weighted by Gasteiger charge is 1.98. The van der Waals surface area contributed by atoms with Crippen molar-refractivity contribution >= 4 is 21.8 Å². The van der Waals surface area contributed by atoms with Gasteiger partial charge in [0.2, 0.25) is 5.91 Å². The first-order valence-corrected chi connectivity index (χ1v) is 4.26. The Bertz CT molecular complexity index is 222. The Morgan fingerprint density at radius 3 is 3.18 bits per heavy atom. The summed E-state index contributed by atoms with van der Waals surface area (Å²) in [5.74, 6) is 0.723. The number of hydrogen-bond donors (Lipinski definition) is 2. The fraction of sp³-hybridized carbons (Fsp3) is 0.333. The fourth-order valence-electron chi connectivity index (χ4n) is 0.624. The van der Waals surface area contributed by atoms with Gasteiger partial charge >= 0.3 is 0 Å². The Morgan fingerprint density at radius 2 is 2.64 bits per heavy atom. The minimum absolute atomic E-state index is 0.0404. The molecule has 0 saturated heterocycles. The van der Waals surface area contributed by atoms with Crippen LogP contribution in [0.4, 0.5) is 0 Å². The number of aromatic amines is 1. The van der Waals surface area contributed by atoms with E-state index >= 15 is 0 Å². The molecule has 0 aliphatic rings. The highest BCUT2D eigenvalue weighted by atomic mass is 79.9. The van der Waals surface area contributed by atoms with Crippen molar-refractivity contribution in [1.82, 2.24) is 15.3 Å². The number of carbonyl (C=O) groups excluding carboxylic acids is 1. The smallest absolute Gasteiger partial charge is 0.231 e. The molecular weight excluding hydrogens is 210 g/mol. The minimum Gasteiger partial charge on any atom is -0.348 e. The summed E-state index contributed by atoms with van der Waals surface area (Å²) < 4.78 is 0. The Hall–Kier alpha value is -0.840. The van der Waals surface area contributed by atoms with E-state index in [2.05, 4.69) is 31.2 Å². The van der Waals surface area contributed by atoms with Gasteiger partial charge in [0.1, 0.15) is 5.82 Å². The van der Waals surface area contributed by atoms with Gasteiger partial charge in [-0.25, -0.2) is 4.98 Å². The molecule has 0 spiro atoms. The average Bonchev–Trinajstić information content (AvgIpc) is 2.52. The van der Waals surface area contributed by atoms with Gasteiger partial charge in [-0.15, -0.1) is 0 Å². The lowest BCUT2D eigenvalue weighted by atomic mass is 10.5. The number of halogens is 1. The quantitative estimate of drug-likeness (QED) is 0.722. The maximum absolute atomic E-state index is 10.7. The summed E-state index contributed by atoms with van der Waals surface area (Å²) in [5, 5.41) is 2.98. The molecule has 0 saturated carbocycles. The van der Waals surface area contributed by atoms with Gasteiger partial charge in [-0.2, -0.15) is 0 Å². The first-order valence-electron chi connectivity index (χ1n) is 3.14. The topological polar surface area (TPSA) is 57.8 Å². The van der Waals surface area contributed by atoms with E-state index < -0.39 is 0 Å². The van der Waals surface area contributed by atoms with Gasteiger partial charge in [0.25, 0.3) is 0 Å². The molecule has 1 rings (SSSR count). The van der Waals surface area contributed by atoms with E-state index in [-0.39, 0.29) is 5.91 Å². The van der Waals surface area contributed by atoms with Crippen LogP contribution in [0.5, 0.6) is 0 Å². The van der Waals surface area contributed by atoms with E-state index in [0.29, 0.717) is 11.9 Å². The van der Waals surface area contributed by atoms with Crippen molar-refractivity contribution in [3.8, 4) is 0 Å². The van der Waals surface area contributed by atoms with Gasteiger partial charge in [0, 0.05) is 12.4 Å². The molecule has 1 amide bonds. The second-order valence-electron chi connectivity index (χ2n) is 1.95. The van der Waals surface area contributed by atoms with Crippen LogP contribution in [-0.4, -0.2) is 21.2 Å². The third-order valence-electron chi connectivity index (χ3n) is 1.13. The highest BCUT2D eigenvalue weighted by Crippen LogP contribution is 1.87. The first-order chi connectivity index (χ1) is 5.33. The summed E-state index contributed by atoms with van der Waals surface area (Å²) >= 11 is 3.04. The van der Waals surface area contributed by atoms with Crippen molar-refractivity contribution in [2.24, 2.45) is 0 Å². The number of alkyl halides is 1. The summed E-state index contributed by atoms with van der Waals surface area (Å²) in [6.07, 6.45) is 3.37. The van der Waals surface area contributed by atoms with Gasteiger partial charge < -0.3 is 10.3 Å². The van der Waals surface area contributed by atoms with Crippen LogP contribution < -0.4 is 5.32 Å². The normalized spacial score (nSPS) is 9.55. The summed E-state index contributed by atoms with van der Waals surface area (Å²) in [6, 6.07) is 0. The van der Waals surface area contributed by atoms with Crippen molar-refractivity contribution < 1.29 is 4.79 Å². The molecule has 1 heterocycles. The zero-order chi connectivity index (χ0) is 8.10. The summed E-state index contributed by atoms with van der Waals surface area (Å²) in [5.41, 5.74) is 0. The Morgan fingerprint density at radius 1 is 1.82 bits per heavy atom. The van der Waals surface area contributed by atoms with Crippen molar-refractivity contribution in [2.75, 3.05) is 5.33 Å². The first kappa shape index (κ1) is 8.26. The molecule has 0 aromatic carbocycles. The van der Waals surface area contributed by atoms with Crippen LogP contribution in [0.2, 0.25) is 0 Å². The summed E-state index contributed by atoms with van der Waals surface area (Å²) in [4.78, 5) is 17.5. The van der Waals surface area contributed by atoms with Gasteiger partial charge in [-0.1, -0.05) is 15.9 Å². The number of aromatic nitrogens is 2. The average molecular weight is 218 g/mol. The monoisotopic (exact) mass is 217 g/mol. The van der Waals surface area contributed by atoms with E-state index in [1.54, 1.807) is 12.4 Å². The number of carbonyl (C=O) groups is 1. The van der Waals surface area contributed by atoms with Crippen LogP contribution in [-0.2, 0) is 11.3 Å². The molecule has 1 aromatic heterocycles. The predicted molar refractivity (Wildman–Crippen MR) is 44.2 cm³/mol. The summed E-state index contributed by atoms with van der Waals surface area (Å²) in [6.45, 7) is 0.456. The molecule has 0 aliphatic heterocycles. The molecule has 0 unspecified atom stereocenters. The maximum atomic E-state index is 10.7. The highest BCUT2D eigenvalue weighted by molar-refractivity contribution is 9.09. The number of H-pyrrole nitrogens is 1. The lowest BCUT2D eigenvalue weighted by Crippen LogP contribution is -2.23. The third kappa shape index (κ3) is 2.71. The predicted octanol–water partition coefficient (Wildman–Crippen LogP) is 0.421. The van der Waals surface area contributed by atoms with Crippen LogP contribution in [0.25, 0.3) is 0 Å². The molecular formula is C6H8BrN3O. The number of rotatable bonds is 3. The molecule has 5 heteroatoms. The van der Waals surface area contributed by atoms with Crippen molar-refractivity contribution in [3.05, 3.63) is 18.2 Å². The largest absolute Gasteiger partial charge is 0.348 e. The van der Waals surface area contributed by atoms with Gasteiger partial charge in [-0.3, -0.25) is 4.79 Å². The number of amides is 1. The second kappa shape index (κ2) is 4.12. The van der Waals surface area contributed by atoms with E-state index in [1.807, 2.05) is 0 Å². The van der Waals surface area contributed by atoms with Crippen LogP contribution in [0, 0.1) is 0 Å². The number of imidazole rings is 1. The van der Waals surface area contributed by atoms with E-state index in [0.717, 1.165) is 5.82 Å². The molecule has 0 bridgehead atoms. The Balaban J connectivity index is 2.29. The lowest BCUT2D eigenvalue weighted by molar-refractivity contribution is -0.118. The van der Waals surface area contributed by atoms with Crippen molar-refractivity contribution in [1.29, 1.82) is 0 Å². The van der Waals surface area contributed by atoms with E-state index in [9.17, 15) is 4.79 Å². The Labute approximate surface area is 72.5 Å². The molecule has 11 heavy (non-hydrogen) atoms. The number of nitrogens with zero attached hydrogens (tertiary/aromatic N) is 1. The van der Waals surface area contributed by atoms with Gasteiger partial charge in [0.15, 0.2) is 0 Å². The van der Waals surface area contributed by atoms with Gasteiger partial charge in [-0.05, 0) is 0 Å². The van der Waals surface area contributed by atoms with E-state index in [4.69, 9.17) is 0 Å². The van der Waals surface area contributed by atoms with Crippen LogP contribution >= 0.6 is 15.9 Å². The summed E-state index contributed by atoms with van der Waals surface area (Å²) in [7, 11) is 0. The van der Waals surface area contributed by atoms with Crippen LogP contribution in [0.1, 0.15) is 5.82 Å². The molecule has 60 valence electrons. The molecule has 2 N–H and O–H groups in total. The molecule has 0 aliphatic carbocycles. The maximum Gasteiger partial charge on any atom is 0.231 e. The zero-order valence-electron chi connectivity index (χ0n) is 5.80. The standard InChI is InChI=1S/C6H8BrN3O/c7-3-6(11)10-4-5-8-1-2-9-5/h1-2H,3-4H2,(H,8,9)(H,10,11). The molecule has 0 fully saturated rings. The number of nitrogens with one attached hydrogen (secondary N) is 2. The second-order valence-corrected chi connectivity index (χ2v) is 2.51. The van der Waals surface area contributed by atoms with E-state index in [1.165, 1.54) is 0 Å². The number of hydrogen-bond acceptors (Lipinski definition) is 2.